The van der Waals surface area contributed by atoms with Crippen LogP contribution in [0.3, 0.4) is 0 Å². The summed E-state index contributed by atoms with van der Waals surface area (Å²) in [5, 5.41) is 3.91. The van der Waals surface area contributed by atoms with E-state index in [0.717, 1.165) is 22.6 Å². The molecule has 3 nitrogen and oxygen atoms in total. The van der Waals surface area contributed by atoms with Gasteiger partial charge in [-0.2, -0.15) is 0 Å². The maximum absolute atomic E-state index is 13.4. The molecule has 7 heteroatoms. The number of carbonyl (C=O) groups is 1. The molecule has 0 aliphatic carbocycles. The lowest BCUT2D eigenvalue weighted by molar-refractivity contribution is -0.125. The Labute approximate surface area is 202 Å². The molecule has 3 aromatic rings. The first-order valence-corrected chi connectivity index (χ1v) is 12.1. The van der Waals surface area contributed by atoms with E-state index in [0.29, 0.717) is 31.0 Å². The molecule has 0 aromatic heterocycles. The summed E-state index contributed by atoms with van der Waals surface area (Å²) < 4.78 is 26.7. The number of nitrogens with one attached hydrogen (secondary N) is 1. The molecular formula is C26H25ClF2N2OS. The number of halogens is 3. The van der Waals surface area contributed by atoms with E-state index < -0.39 is 0 Å². The SMILES string of the molecule is O=C(NCCc1cccc(F)c1)[C@@H]1C[C@@H](Sc2ccc(F)cc2)CN1Cc1ccc(Cl)cc1. The van der Waals surface area contributed by atoms with Crippen molar-refractivity contribution in [2.75, 3.05) is 13.1 Å². The molecule has 0 unspecified atom stereocenters. The number of hydrogen-bond acceptors (Lipinski definition) is 3. The minimum absolute atomic E-state index is 0.0254. The van der Waals surface area contributed by atoms with E-state index in [1.54, 1.807) is 30.0 Å². The first-order chi connectivity index (χ1) is 16.0. The highest BCUT2D eigenvalue weighted by molar-refractivity contribution is 8.00. The van der Waals surface area contributed by atoms with Gasteiger partial charge in [0, 0.05) is 34.8 Å². The van der Waals surface area contributed by atoms with Crippen LogP contribution in [-0.2, 0) is 17.8 Å². The van der Waals surface area contributed by atoms with Gasteiger partial charge in [-0.15, -0.1) is 11.8 Å². The van der Waals surface area contributed by atoms with Gasteiger partial charge in [-0.1, -0.05) is 35.9 Å². The summed E-state index contributed by atoms with van der Waals surface area (Å²) in [4.78, 5) is 16.3. The lowest BCUT2D eigenvalue weighted by atomic mass is 10.1. The lowest BCUT2D eigenvalue weighted by Gasteiger charge is -2.23. The van der Waals surface area contributed by atoms with Crippen LogP contribution in [0.25, 0.3) is 0 Å². The monoisotopic (exact) mass is 486 g/mol. The molecule has 0 radical (unpaired) electrons. The van der Waals surface area contributed by atoms with Crippen LogP contribution in [0.5, 0.6) is 0 Å². The summed E-state index contributed by atoms with van der Waals surface area (Å²) in [5.74, 6) is -0.558. The second-order valence-electron chi connectivity index (χ2n) is 8.17. The van der Waals surface area contributed by atoms with Gasteiger partial charge in [-0.05, 0) is 72.5 Å². The van der Waals surface area contributed by atoms with Crippen LogP contribution >= 0.6 is 23.4 Å². The molecule has 2 atom stereocenters. The van der Waals surface area contributed by atoms with Crippen molar-refractivity contribution in [1.82, 2.24) is 10.2 Å². The quantitative estimate of drug-likeness (QED) is 0.442. The van der Waals surface area contributed by atoms with Gasteiger partial charge >= 0.3 is 0 Å². The van der Waals surface area contributed by atoms with Gasteiger partial charge in [0.15, 0.2) is 0 Å². The van der Waals surface area contributed by atoms with Crippen molar-refractivity contribution >= 4 is 29.3 Å². The van der Waals surface area contributed by atoms with E-state index in [1.165, 1.54) is 24.3 Å². The molecule has 1 aliphatic rings. The van der Waals surface area contributed by atoms with Crippen LogP contribution < -0.4 is 5.32 Å². The summed E-state index contributed by atoms with van der Waals surface area (Å²) in [7, 11) is 0. The van der Waals surface area contributed by atoms with Crippen molar-refractivity contribution in [2.45, 2.75) is 35.6 Å². The molecular weight excluding hydrogens is 462 g/mol. The highest BCUT2D eigenvalue weighted by Crippen LogP contribution is 2.34. The number of benzene rings is 3. The maximum atomic E-state index is 13.4. The zero-order valence-electron chi connectivity index (χ0n) is 18.0. The molecule has 1 aliphatic heterocycles. The van der Waals surface area contributed by atoms with Crippen molar-refractivity contribution < 1.29 is 13.6 Å². The first kappa shape index (κ1) is 23.7. The Hall–Kier alpha value is -2.41. The molecule has 3 aromatic carbocycles. The van der Waals surface area contributed by atoms with Crippen LogP contribution in [-0.4, -0.2) is 35.2 Å². The molecule has 1 amide bonds. The highest BCUT2D eigenvalue weighted by atomic mass is 35.5. The average molecular weight is 487 g/mol. The smallest absolute Gasteiger partial charge is 0.237 e. The number of carbonyl (C=O) groups excluding carboxylic acids is 1. The number of amides is 1. The second-order valence-corrected chi connectivity index (χ2v) is 9.98. The van der Waals surface area contributed by atoms with E-state index in [1.807, 2.05) is 30.3 Å². The summed E-state index contributed by atoms with van der Waals surface area (Å²) in [6, 6.07) is 20.3. The van der Waals surface area contributed by atoms with Crippen molar-refractivity contribution in [3.63, 3.8) is 0 Å². The molecule has 33 heavy (non-hydrogen) atoms. The Kier molecular flexibility index (Phi) is 8.02. The van der Waals surface area contributed by atoms with E-state index in [2.05, 4.69) is 10.2 Å². The van der Waals surface area contributed by atoms with Gasteiger partial charge in [0.1, 0.15) is 11.6 Å². The number of nitrogens with zero attached hydrogens (tertiary/aromatic N) is 1. The third-order valence-electron chi connectivity index (χ3n) is 5.68. The van der Waals surface area contributed by atoms with Gasteiger partial charge in [0.05, 0.1) is 6.04 Å². The second kappa shape index (κ2) is 11.1. The minimum atomic E-state index is -0.274. The van der Waals surface area contributed by atoms with Crippen molar-refractivity contribution in [3.8, 4) is 0 Å². The van der Waals surface area contributed by atoms with Crippen LogP contribution in [0.1, 0.15) is 17.5 Å². The summed E-state index contributed by atoms with van der Waals surface area (Å²) in [6.45, 7) is 1.83. The molecule has 1 saturated heterocycles. The van der Waals surface area contributed by atoms with Gasteiger partial charge in [0.2, 0.25) is 5.91 Å². The van der Waals surface area contributed by atoms with E-state index in [-0.39, 0.29) is 28.8 Å². The predicted molar refractivity (Wildman–Crippen MR) is 129 cm³/mol. The van der Waals surface area contributed by atoms with Crippen LogP contribution in [0, 0.1) is 11.6 Å². The van der Waals surface area contributed by atoms with Crippen molar-refractivity contribution in [1.29, 1.82) is 0 Å². The fraction of sp³-hybridized carbons (Fsp3) is 0.269. The topological polar surface area (TPSA) is 32.3 Å². The maximum Gasteiger partial charge on any atom is 0.237 e. The third-order valence-corrected chi connectivity index (χ3v) is 7.16. The summed E-state index contributed by atoms with van der Waals surface area (Å²) >= 11 is 7.69. The molecule has 1 heterocycles. The first-order valence-electron chi connectivity index (χ1n) is 10.9. The fourth-order valence-electron chi connectivity index (χ4n) is 4.06. The standard InChI is InChI=1S/C26H25ClF2N2OS/c27-20-6-4-19(5-7-20)16-31-17-24(33-23-10-8-21(28)9-11-23)15-25(31)26(32)30-13-12-18-2-1-3-22(29)14-18/h1-11,14,24-25H,12-13,15-17H2,(H,30,32)/t24-,25+/m1/s1. The molecule has 0 spiro atoms. The Balaban J connectivity index is 1.41. The van der Waals surface area contributed by atoms with Crippen LogP contribution in [0.15, 0.2) is 77.7 Å². The molecule has 0 bridgehead atoms. The predicted octanol–water partition coefficient (Wildman–Crippen LogP) is 5.71. The van der Waals surface area contributed by atoms with Gasteiger partial charge in [-0.3, -0.25) is 9.69 Å². The number of thioether (sulfide) groups is 1. The summed E-state index contributed by atoms with van der Waals surface area (Å²) in [5.41, 5.74) is 1.94. The summed E-state index contributed by atoms with van der Waals surface area (Å²) in [6.07, 6.45) is 1.27. The lowest BCUT2D eigenvalue weighted by Crippen LogP contribution is -2.43. The number of hydrogen-bond donors (Lipinski definition) is 1. The number of likely N-dealkylation sites (tertiary alicyclic amines) is 1. The Morgan fingerprint density at radius 1 is 1.00 bits per heavy atom. The molecule has 1 N–H and O–H groups in total. The van der Waals surface area contributed by atoms with Crippen LogP contribution in [0.4, 0.5) is 8.78 Å². The van der Waals surface area contributed by atoms with E-state index >= 15 is 0 Å². The fourth-order valence-corrected chi connectivity index (χ4v) is 5.41. The third kappa shape index (κ3) is 6.79. The van der Waals surface area contributed by atoms with Crippen LogP contribution in [0.2, 0.25) is 5.02 Å². The van der Waals surface area contributed by atoms with Crippen molar-refractivity contribution in [2.24, 2.45) is 0 Å². The van der Waals surface area contributed by atoms with E-state index in [4.69, 9.17) is 11.6 Å². The molecule has 4 rings (SSSR count). The zero-order valence-corrected chi connectivity index (χ0v) is 19.6. The van der Waals surface area contributed by atoms with Crippen molar-refractivity contribution in [3.05, 3.63) is 101 Å². The molecule has 172 valence electrons. The average Bonchev–Trinajstić information content (AvgIpc) is 3.19. The Bertz CT molecular complexity index is 1080. The van der Waals surface area contributed by atoms with Gasteiger partial charge in [0.25, 0.3) is 0 Å². The van der Waals surface area contributed by atoms with Gasteiger partial charge in [-0.25, -0.2) is 8.78 Å². The zero-order chi connectivity index (χ0) is 23.2. The minimum Gasteiger partial charge on any atom is -0.354 e. The largest absolute Gasteiger partial charge is 0.354 e. The van der Waals surface area contributed by atoms with Gasteiger partial charge < -0.3 is 5.32 Å². The molecule has 0 saturated carbocycles. The normalized spacial score (nSPS) is 18.4. The number of rotatable bonds is 8. The highest BCUT2D eigenvalue weighted by Gasteiger charge is 2.37. The van der Waals surface area contributed by atoms with E-state index in [9.17, 15) is 13.6 Å². The Morgan fingerprint density at radius 3 is 2.48 bits per heavy atom. The molecule has 1 fully saturated rings. The Morgan fingerprint density at radius 2 is 1.76 bits per heavy atom.